The average Bonchev–Trinajstić information content (AvgIpc) is 2.35. The molecule has 2 aliphatic rings. The summed E-state index contributed by atoms with van der Waals surface area (Å²) in [6.45, 7) is 0. The van der Waals surface area contributed by atoms with E-state index in [0.717, 1.165) is 11.1 Å². The molecule has 0 aliphatic heterocycles. The number of nitrogen functional groups attached to an aromatic ring is 1. The van der Waals surface area contributed by atoms with E-state index in [1.165, 1.54) is 16.5 Å². The minimum atomic E-state index is 0.850. The fourth-order valence-corrected chi connectivity index (χ4v) is 1.91. The third-order valence-corrected chi connectivity index (χ3v) is 3.04. The van der Waals surface area contributed by atoms with Crippen molar-refractivity contribution in [2.75, 3.05) is 5.73 Å². The van der Waals surface area contributed by atoms with E-state index in [1.54, 1.807) is 0 Å². The van der Waals surface area contributed by atoms with Crippen molar-refractivity contribution in [2.45, 2.75) is 0 Å². The lowest BCUT2D eigenvalue weighted by Gasteiger charge is -2.10. The van der Waals surface area contributed by atoms with Crippen molar-refractivity contribution in [2.24, 2.45) is 0 Å². The molecule has 2 aliphatic carbocycles. The highest BCUT2D eigenvalue weighted by atomic mass is 14.5. The van der Waals surface area contributed by atoms with Crippen LogP contribution in [0.3, 0.4) is 0 Å². The Bertz CT molecular complexity index is 627. The minimum absolute atomic E-state index is 0.850. The molecule has 0 heterocycles. The number of rotatable bonds is 0. The third-order valence-electron chi connectivity index (χ3n) is 3.04. The van der Waals surface area contributed by atoms with Gasteiger partial charge in [-0.25, -0.2) is 0 Å². The van der Waals surface area contributed by atoms with Crippen LogP contribution in [0.25, 0.3) is 21.9 Å². The first-order chi connectivity index (χ1) is 8.34. The molecular weight excluding hydrogens is 206 g/mol. The lowest BCUT2D eigenvalue weighted by Crippen LogP contribution is -1.85. The van der Waals surface area contributed by atoms with Gasteiger partial charge in [0, 0.05) is 11.1 Å². The summed E-state index contributed by atoms with van der Waals surface area (Å²) in [6, 6.07) is 22.5. The second-order valence-corrected chi connectivity index (χ2v) is 4.15. The van der Waals surface area contributed by atoms with Gasteiger partial charge in [-0.1, -0.05) is 60.7 Å². The molecule has 0 radical (unpaired) electrons. The van der Waals surface area contributed by atoms with Crippen molar-refractivity contribution in [1.82, 2.24) is 0 Å². The summed E-state index contributed by atoms with van der Waals surface area (Å²) < 4.78 is 0. The maximum absolute atomic E-state index is 5.76. The lowest BCUT2D eigenvalue weighted by molar-refractivity contribution is 1.55. The Morgan fingerprint density at radius 1 is 0.588 bits per heavy atom. The van der Waals surface area contributed by atoms with Gasteiger partial charge in [0.15, 0.2) is 0 Å². The predicted octanol–water partition coefficient (Wildman–Crippen LogP) is 4.09. The van der Waals surface area contributed by atoms with Crippen LogP contribution in [-0.4, -0.2) is 0 Å². The van der Waals surface area contributed by atoms with Crippen molar-refractivity contribution in [3.8, 4) is 11.1 Å². The van der Waals surface area contributed by atoms with E-state index in [0.29, 0.717) is 0 Å². The molecule has 0 unspecified atom stereocenters. The van der Waals surface area contributed by atoms with Crippen LogP contribution in [0.2, 0.25) is 0 Å². The van der Waals surface area contributed by atoms with Crippen LogP contribution in [0.15, 0.2) is 66.7 Å². The first-order valence-corrected chi connectivity index (χ1v) is 5.68. The van der Waals surface area contributed by atoms with Crippen LogP contribution < -0.4 is 5.73 Å². The lowest BCUT2D eigenvalue weighted by atomic mass is 9.95. The second-order valence-electron chi connectivity index (χ2n) is 4.15. The Morgan fingerprint density at radius 2 is 1.18 bits per heavy atom. The number of hydrogen-bond donors (Lipinski definition) is 1. The largest absolute Gasteiger partial charge is 0.398 e. The molecule has 0 bridgehead atoms. The molecular formula is C16H13N. The quantitative estimate of drug-likeness (QED) is 0.443. The summed E-state index contributed by atoms with van der Waals surface area (Å²) >= 11 is 0. The molecule has 0 amide bonds. The van der Waals surface area contributed by atoms with Gasteiger partial charge < -0.3 is 5.73 Å². The second kappa shape index (κ2) is 3.95. The molecule has 2 aromatic carbocycles. The summed E-state index contributed by atoms with van der Waals surface area (Å²) in [7, 11) is 0. The maximum atomic E-state index is 5.76. The van der Waals surface area contributed by atoms with Gasteiger partial charge in [0.1, 0.15) is 0 Å². The van der Waals surface area contributed by atoms with E-state index in [4.69, 9.17) is 5.73 Å². The molecule has 82 valence electrons. The fourth-order valence-electron chi connectivity index (χ4n) is 1.91. The molecule has 1 nitrogen and oxygen atoms in total. The van der Waals surface area contributed by atoms with Crippen molar-refractivity contribution in [3.05, 3.63) is 66.7 Å². The molecule has 0 atom stereocenters. The van der Waals surface area contributed by atoms with Gasteiger partial charge in [-0.2, -0.15) is 0 Å². The Morgan fingerprint density at radius 3 is 1.71 bits per heavy atom. The molecule has 2 N–H and O–H groups in total. The van der Waals surface area contributed by atoms with E-state index in [1.807, 2.05) is 30.3 Å². The van der Waals surface area contributed by atoms with E-state index in [-0.39, 0.29) is 0 Å². The number of benzene rings is 3. The topological polar surface area (TPSA) is 26.0 Å². The van der Waals surface area contributed by atoms with Crippen molar-refractivity contribution >= 4 is 16.5 Å². The summed E-state index contributed by atoms with van der Waals surface area (Å²) in [5.41, 5.74) is 9.46. The highest BCUT2D eigenvalue weighted by Crippen LogP contribution is 2.29. The Hall–Kier alpha value is -2.28. The molecule has 0 spiro atoms. The van der Waals surface area contributed by atoms with E-state index in [9.17, 15) is 0 Å². The molecule has 0 saturated heterocycles. The highest BCUT2D eigenvalue weighted by Gasteiger charge is 2.03. The Kier molecular flexibility index (Phi) is 2.30. The smallest absolute Gasteiger partial charge is 0.0393 e. The van der Waals surface area contributed by atoms with Crippen molar-refractivity contribution in [1.29, 1.82) is 0 Å². The van der Waals surface area contributed by atoms with E-state index >= 15 is 0 Å². The zero-order chi connectivity index (χ0) is 11.7. The van der Waals surface area contributed by atoms with Crippen LogP contribution in [0.1, 0.15) is 0 Å². The van der Waals surface area contributed by atoms with E-state index in [2.05, 4.69) is 36.4 Å². The van der Waals surface area contributed by atoms with Gasteiger partial charge in [-0.15, -0.1) is 0 Å². The normalized spacial score (nSPS) is 10.6. The zero-order valence-corrected chi connectivity index (χ0v) is 9.43. The Balaban J connectivity index is 0.000000125. The molecule has 17 heavy (non-hydrogen) atoms. The summed E-state index contributed by atoms with van der Waals surface area (Å²) in [4.78, 5) is 0. The SMILES string of the molecule is Nc1cccc2ccccc12.c1cc2ccc1-2. The van der Waals surface area contributed by atoms with Crippen LogP contribution in [0.5, 0.6) is 0 Å². The van der Waals surface area contributed by atoms with Crippen molar-refractivity contribution in [3.63, 3.8) is 0 Å². The first kappa shape index (κ1) is 9.91. The van der Waals surface area contributed by atoms with Gasteiger partial charge in [-0.3, -0.25) is 0 Å². The van der Waals surface area contributed by atoms with Crippen LogP contribution in [0, 0.1) is 0 Å². The monoisotopic (exact) mass is 219 g/mol. The Labute approximate surface area is 101 Å². The summed E-state index contributed by atoms with van der Waals surface area (Å²) in [5, 5.41) is 2.34. The number of fused-ring (bicyclic) bond motifs is 2. The highest BCUT2D eigenvalue weighted by molar-refractivity contribution is 5.92. The number of nitrogens with two attached hydrogens (primary N) is 1. The van der Waals surface area contributed by atoms with Gasteiger partial charge in [0.2, 0.25) is 0 Å². The van der Waals surface area contributed by atoms with Crippen molar-refractivity contribution < 1.29 is 0 Å². The molecule has 2 aromatic rings. The summed E-state index contributed by atoms with van der Waals surface area (Å²) in [6.07, 6.45) is 0. The molecule has 0 aromatic heterocycles. The first-order valence-electron chi connectivity index (χ1n) is 5.68. The third kappa shape index (κ3) is 1.76. The standard InChI is InChI=1S/C10H9N.C6H4/c11-10-7-3-5-8-4-1-2-6-9(8)10;1-2-6-4-3-5(1)6/h1-7H,11H2;1-4H. The van der Waals surface area contributed by atoms with Crippen LogP contribution in [0.4, 0.5) is 5.69 Å². The van der Waals surface area contributed by atoms with Gasteiger partial charge in [0.25, 0.3) is 0 Å². The predicted molar refractivity (Wildman–Crippen MR) is 73.8 cm³/mol. The molecule has 0 saturated carbocycles. The van der Waals surface area contributed by atoms with Gasteiger partial charge in [-0.05, 0) is 22.6 Å². The number of hydrogen-bond acceptors (Lipinski definition) is 1. The molecule has 0 fully saturated rings. The molecule has 4 rings (SSSR count). The number of anilines is 1. The van der Waals surface area contributed by atoms with E-state index < -0.39 is 0 Å². The van der Waals surface area contributed by atoms with Gasteiger partial charge in [0.05, 0.1) is 0 Å². The molecule has 1 heteroatoms. The van der Waals surface area contributed by atoms with Crippen LogP contribution in [-0.2, 0) is 0 Å². The fraction of sp³-hybridized carbons (Fsp3) is 0. The van der Waals surface area contributed by atoms with Gasteiger partial charge >= 0.3 is 0 Å². The zero-order valence-electron chi connectivity index (χ0n) is 9.43. The minimum Gasteiger partial charge on any atom is -0.398 e. The summed E-state index contributed by atoms with van der Waals surface area (Å²) in [5.74, 6) is 0. The average molecular weight is 219 g/mol. The van der Waals surface area contributed by atoms with Crippen LogP contribution >= 0.6 is 0 Å². The maximum Gasteiger partial charge on any atom is 0.0393 e.